The van der Waals surface area contributed by atoms with Crippen molar-refractivity contribution in [1.29, 1.82) is 0 Å². The quantitative estimate of drug-likeness (QED) is 0.821. The number of carboxylic acid groups (broad SMARTS) is 1. The van der Waals surface area contributed by atoms with Gasteiger partial charge in [0.2, 0.25) is 5.91 Å². The van der Waals surface area contributed by atoms with E-state index >= 15 is 0 Å². The molecule has 1 amide bonds. The number of carboxylic acids is 1. The molecule has 0 aliphatic heterocycles. The van der Waals surface area contributed by atoms with Crippen molar-refractivity contribution in [3.05, 3.63) is 24.3 Å². The van der Waals surface area contributed by atoms with E-state index < -0.39 is 17.8 Å². The number of anilines is 1. The molecule has 0 bridgehead atoms. The standard InChI is InChI=1S/C12H13NO4/c1-13(7-2-4-8(14)5-3-7)11(15)9-6-10(9)12(16)17/h2-5,9-10,14H,6H2,1H3,(H,16,17)/t9-,10+/m1/s1. The number of carbonyl (C=O) groups is 2. The zero-order valence-corrected chi connectivity index (χ0v) is 9.33. The van der Waals surface area contributed by atoms with Gasteiger partial charge in [-0.05, 0) is 30.7 Å². The van der Waals surface area contributed by atoms with Gasteiger partial charge < -0.3 is 15.1 Å². The number of phenols is 1. The second-order valence-corrected chi connectivity index (χ2v) is 4.20. The van der Waals surface area contributed by atoms with E-state index in [9.17, 15) is 9.59 Å². The van der Waals surface area contributed by atoms with Gasteiger partial charge in [-0.3, -0.25) is 9.59 Å². The van der Waals surface area contributed by atoms with E-state index in [2.05, 4.69) is 0 Å². The van der Waals surface area contributed by atoms with E-state index in [1.807, 2.05) is 0 Å². The van der Waals surface area contributed by atoms with Crippen LogP contribution >= 0.6 is 0 Å². The molecule has 17 heavy (non-hydrogen) atoms. The minimum absolute atomic E-state index is 0.129. The molecule has 2 atom stereocenters. The number of carbonyl (C=O) groups excluding carboxylic acids is 1. The summed E-state index contributed by atoms with van der Waals surface area (Å²) in [5, 5.41) is 17.9. The lowest BCUT2D eigenvalue weighted by molar-refractivity contribution is -0.139. The summed E-state index contributed by atoms with van der Waals surface area (Å²) in [6, 6.07) is 6.21. The molecular weight excluding hydrogens is 222 g/mol. The van der Waals surface area contributed by atoms with Crippen LogP contribution in [0.1, 0.15) is 6.42 Å². The Hall–Kier alpha value is -2.04. The van der Waals surface area contributed by atoms with Crippen molar-refractivity contribution in [2.75, 3.05) is 11.9 Å². The van der Waals surface area contributed by atoms with Crippen LogP contribution in [0.5, 0.6) is 5.75 Å². The maximum atomic E-state index is 11.9. The molecule has 90 valence electrons. The molecule has 0 spiro atoms. The molecule has 1 saturated carbocycles. The summed E-state index contributed by atoms with van der Waals surface area (Å²) in [7, 11) is 1.60. The van der Waals surface area contributed by atoms with E-state index in [1.54, 1.807) is 19.2 Å². The maximum absolute atomic E-state index is 11.9. The Kier molecular flexibility index (Phi) is 2.75. The topological polar surface area (TPSA) is 77.8 Å². The molecule has 0 radical (unpaired) electrons. The summed E-state index contributed by atoms with van der Waals surface area (Å²) in [5.74, 6) is -1.93. The van der Waals surface area contributed by atoms with Crippen LogP contribution in [0.3, 0.4) is 0 Å². The van der Waals surface area contributed by atoms with Gasteiger partial charge >= 0.3 is 5.97 Å². The third kappa shape index (κ3) is 2.22. The van der Waals surface area contributed by atoms with Crippen LogP contribution in [0.25, 0.3) is 0 Å². The largest absolute Gasteiger partial charge is 0.508 e. The van der Waals surface area contributed by atoms with E-state index in [4.69, 9.17) is 10.2 Å². The smallest absolute Gasteiger partial charge is 0.307 e. The highest BCUT2D eigenvalue weighted by atomic mass is 16.4. The fourth-order valence-electron chi connectivity index (χ4n) is 1.79. The SMILES string of the molecule is CN(C(=O)[C@@H]1C[C@@H]1C(=O)O)c1ccc(O)cc1. The van der Waals surface area contributed by atoms with E-state index in [-0.39, 0.29) is 11.7 Å². The molecule has 2 rings (SSSR count). The Morgan fingerprint density at radius 2 is 1.82 bits per heavy atom. The molecule has 0 aromatic heterocycles. The zero-order chi connectivity index (χ0) is 12.6. The van der Waals surface area contributed by atoms with Crippen molar-refractivity contribution in [3.8, 4) is 5.75 Å². The Morgan fingerprint density at radius 3 is 2.29 bits per heavy atom. The van der Waals surface area contributed by atoms with E-state index in [0.29, 0.717) is 12.1 Å². The molecular formula is C12H13NO4. The fourth-order valence-corrected chi connectivity index (χ4v) is 1.79. The molecule has 1 aliphatic rings. The van der Waals surface area contributed by atoms with Gasteiger partial charge in [-0.25, -0.2) is 0 Å². The highest BCUT2D eigenvalue weighted by Gasteiger charge is 2.49. The molecule has 0 saturated heterocycles. The lowest BCUT2D eigenvalue weighted by Gasteiger charge is -2.17. The monoisotopic (exact) mass is 235 g/mol. The molecule has 1 fully saturated rings. The summed E-state index contributed by atoms with van der Waals surface area (Å²) in [6.07, 6.45) is 0.413. The summed E-state index contributed by atoms with van der Waals surface area (Å²) < 4.78 is 0. The first-order valence-corrected chi connectivity index (χ1v) is 5.30. The van der Waals surface area contributed by atoms with Crippen LogP contribution in [0, 0.1) is 11.8 Å². The number of hydrogen-bond donors (Lipinski definition) is 2. The van der Waals surface area contributed by atoms with Crippen LogP contribution in [0.4, 0.5) is 5.69 Å². The molecule has 0 unspecified atom stereocenters. The number of amides is 1. The van der Waals surface area contributed by atoms with Crippen molar-refractivity contribution < 1.29 is 19.8 Å². The highest BCUT2D eigenvalue weighted by Crippen LogP contribution is 2.40. The van der Waals surface area contributed by atoms with Gasteiger partial charge in [-0.1, -0.05) is 0 Å². The third-order valence-electron chi connectivity index (χ3n) is 2.99. The maximum Gasteiger partial charge on any atom is 0.307 e. The van der Waals surface area contributed by atoms with Gasteiger partial charge in [-0.2, -0.15) is 0 Å². The van der Waals surface area contributed by atoms with Crippen LogP contribution in [-0.4, -0.2) is 29.1 Å². The Labute approximate surface area is 98.3 Å². The van der Waals surface area contributed by atoms with Crippen molar-refractivity contribution >= 4 is 17.6 Å². The second kappa shape index (κ2) is 4.08. The average molecular weight is 235 g/mol. The summed E-state index contributed by atoms with van der Waals surface area (Å²) in [4.78, 5) is 24.0. The van der Waals surface area contributed by atoms with Crippen molar-refractivity contribution in [1.82, 2.24) is 0 Å². The number of nitrogens with zero attached hydrogens (tertiary/aromatic N) is 1. The number of rotatable bonds is 3. The van der Waals surface area contributed by atoms with Crippen molar-refractivity contribution in [3.63, 3.8) is 0 Å². The van der Waals surface area contributed by atoms with E-state index in [1.165, 1.54) is 17.0 Å². The fraction of sp³-hybridized carbons (Fsp3) is 0.333. The molecule has 5 heteroatoms. The first kappa shape index (κ1) is 11.4. The molecule has 2 N–H and O–H groups in total. The molecule has 5 nitrogen and oxygen atoms in total. The van der Waals surface area contributed by atoms with Gasteiger partial charge in [0.05, 0.1) is 11.8 Å². The van der Waals surface area contributed by atoms with Crippen molar-refractivity contribution in [2.24, 2.45) is 11.8 Å². The van der Waals surface area contributed by atoms with Crippen LogP contribution in [-0.2, 0) is 9.59 Å². The third-order valence-corrected chi connectivity index (χ3v) is 2.99. The Bertz CT molecular complexity index is 454. The van der Waals surface area contributed by atoms with Gasteiger partial charge in [0.1, 0.15) is 5.75 Å². The highest BCUT2D eigenvalue weighted by molar-refractivity contribution is 5.99. The average Bonchev–Trinajstić information content (AvgIpc) is 3.08. The zero-order valence-electron chi connectivity index (χ0n) is 9.33. The van der Waals surface area contributed by atoms with Gasteiger partial charge in [-0.15, -0.1) is 0 Å². The normalized spacial score (nSPS) is 21.9. The lowest BCUT2D eigenvalue weighted by Crippen LogP contribution is -2.28. The molecule has 1 aliphatic carbocycles. The summed E-state index contributed by atoms with van der Waals surface area (Å²) >= 11 is 0. The van der Waals surface area contributed by atoms with Crippen LogP contribution < -0.4 is 4.90 Å². The van der Waals surface area contributed by atoms with Gasteiger partial charge in [0.15, 0.2) is 0 Å². The molecule has 1 aromatic carbocycles. The Morgan fingerprint density at radius 1 is 1.24 bits per heavy atom. The first-order valence-electron chi connectivity index (χ1n) is 5.30. The number of hydrogen-bond acceptors (Lipinski definition) is 3. The first-order chi connectivity index (χ1) is 8.00. The predicted molar refractivity (Wildman–Crippen MR) is 60.7 cm³/mol. The Balaban J connectivity index is 2.06. The van der Waals surface area contributed by atoms with Crippen molar-refractivity contribution in [2.45, 2.75) is 6.42 Å². The van der Waals surface area contributed by atoms with Crippen LogP contribution in [0.2, 0.25) is 0 Å². The summed E-state index contributed by atoms with van der Waals surface area (Å²) in [6.45, 7) is 0. The second-order valence-electron chi connectivity index (χ2n) is 4.20. The summed E-state index contributed by atoms with van der Waals surface area (Å²) in [5.41, 5.74) is 0.642. The number of aromatic hydroxyl groups is 1. The van der Waals surface area contributed by atoms with Crippen LogP contribution in [0.15, 0.2) is 24.3 Å². The predicted octanol–water partition coefficient (Wildman–Crippen LogP) is 1.08. The minimum Gasteiger partial charge on any atom is -0.508 e. The van der Waals surface area contributed by atoms with E-state index in [0.717, 1.165) is 0 Å². The molecule has 1 aromatic rings. The van der Waals surface area contributed by atoms with Gasteiger partial charge in [0, 0.05) is 12.7 Å². The number of benzene rings is 1. The minimum atomic E-state index is -0.914. The number of phenolic OH excluding ortho intramolecular Hbond substituents is 1. The van der Waals surface area contributed by atoms with Gasteiger partial charge in [0.25, 0.3) is 0 Å². The number of aliphatic carboxylic acids is 1. The lowest BCUT2D eigenvalue weighted by atomic mass is 10.2. The molecule has 0 heterocycles.